The van der Waals surface area contributed by atoms with Crippen molar-refractivity contribution in [3.05, 3.63) is 70.7 Å². The molecule has 1 aliphatic rings. The van der Waals surface area contributed by atoms with Crippen LogP contribution in [0.3, 0.4) is 0 Å². The smallest absolute Gasteiger partial charge is 0.295 e. The fourth-order valence-electron chi connectivity index (χ4n) is 4.62. The summed E-state index contributed by atoms with van der Waals surface area (Å²) in [5, 5.41) is 21.5. The molecule has 1 aliphatic heterocycles. The van der Waals surface area contributed by atoms with Gasteiger partial charge < -0.3 is 24.4 Å². The summed E-state index contributed by atoms with van der Waals surface area (Å²) in [4.78, 5) is 34.6. The second kappa shape index (κ2) is 9.30. The molecule has 1 fully saturated rings. The Morgan fingerprint density at radius 2 is 1.85 bits per heavy atom. The summed E-state index contributed by atoms with van der Waals surface area (Å²) < 4.78 is 1.85. The number of aromatic nitrogens is 2. The third kappa shape index (κ3) is 3.94. The van der Waals surface area contributed by atoms with Crippen LogP contribution in [0.1, 0.15) is 42.4 Å². The molecular weight excluding hydrogens is 432 g/mol. The first-order valence-corrected chi connectivity index (χ1v) is 11.5. The zero-order valence-corrected chi connectivity index (χ0v) is 19.9. The highest BCUT2D eigenvalue weighted by molar-refractivity contribution is 6.46. The van der Waals surface area contributed by atoms with Gasteiger partial charge >= 0.3 is 0 Å². The third-order valence-electron chi connectivity index (χ3n) is 6.59. The maximum absolute atomic E-state index is 13.3. The number of rotatable bonds is 7. The second-order valence-electron chi connectivity index (χ2n) is 8.54. The highest BCUT2D eigenvalue weighted by atomic mass is 16.3. The lowest BCUT2D eigenvalue weighted by molar-refractivity contribution is -0.140. The van der Waals surface area contributed by atoms with Crippen LogP contribution in [-0.2, 0) is 9.59 Å². The van der Waals surface area contributed by atoms with E-state index in [2.05, 4.69) is 9.88 Å². The molecule has 4 rings (SSSR count). The predicted molar refractivity (Wildman–Crippen MR) is 130 cm³/mol. The molecule has 8 nitrogen and oxygen atoms in total. The molecule has 8 heteroatoms. The number of carbonyl (C=O) groups excluding carboxylic acids is 2. The Balaban J connectivity index is 1.88. The number of imidazole rings is 1. The van der Waals surface area contributed by atoms with Crippen molar-refractivity contribution in [3.8, 4) is 5.75 Å². The molecule has 178 valence electrons. The number of Topliss-reactive ketones (excluding diaryl/α,β-unsaturated/α-hetero) is 1. The number of hydrogen-bond acceptors (Lipinski definition) is 6. The lowest BCUT2D eigenvalue weighted by Gasteiger charge is -2.28. The number of aliphatic hydroxyl groups is 1. The van der Waals surface area contributed by atoms with Gasteiger partial charge in [-0.25, -0.2) is 4.98 Å². The Hall–Kier alpha value is -3.65. The van der Waals surface area contributed by atoms with Gasteiger partial charge in [0, 0.05) is 19.3 Å². The molecule has 1 amide bonds. The van der Waals surface area contributed by atoms with Gasteiger partial charge in [-0.05, 0) is 56.3 Å². The number of fused-ring (bicyclic) bond motifs is 1. The van der Waals surface area contributed by atoms with Gasteiger partial charge in [0.05, 0.1) is 17.3 Å². The number of likely N-dealkylation sites (tertiary alicyclic amines) is 1. The summed E-state index contributed by atoms with van der Waals surface area (Å²) in [5.41, 5.74) is 3.07. The van der Waals surface area contributed by atoms with Crippen LogP contribution in [-0.4, -0.2) is 67.3 Å². The minimum absolute atomic E-state index is 0.0145. The van der Waals surface area contributed by atoms with Crippen LogP contribution in [0.25, 0.3) is 11.4 Å². The number of benzene rings is 1. The quantitative estimate of drug-likeness (QED) is 0.317. The normalized spacial score (nSPS) is 17.9. The highest BCUT2D eigenvalue weighted by Crippen LogP contribution is 2.40. The van der Waals surface area contributed by atoms with Gasteiger partial charge in [0.15, 0.2) is 5.76 Å². The van der Waals surface area contributed by atoms with E-state index in [1.165, 1.54) is 17.0 Å². The molecule has 0 bridgehead atoms. The maximum Gasteiger partial charge on any atom is 0.295 e. The van der Waals surface area contributed by atoms with E-state index in [1.807, 2.05) is 50.4 Å². The zero-order chi connectivity index (χ0) is 24.6. The van der Waals surface area contributed by atoms with E-state index in [9.17, 15) is 19.8 Å². The summed E-state index contributed by atoms with van der Waals surface area (Å²) in [6.45, 7) is 10.3. The zero-order valence-electron chi connectivity index (χ0n) is 19.9. The minimum Gasteiger partial charge on any atom is -0.508 e. The Morgan fingerprint density at radius 3 is 2.50 bits per heavy atom. The minimum atomic E-state index is -0.826. The van der Waals surface area contributed by atoms with Crippen LogP contribution < -0.4 is 0 Å². The molecule has 0 radical (unpaired) electrons. The number of nitrogens with zero attached hydrogens (tertiary/aromatic N) is 4. The van der Waals surface area contributed by atoms with Crippen molar-refractivity contribution in [3.63, 3.8) is 0 Å². The number of pyridine rings is 1. The molecule has 1 unspecified atom stereocenters. The molecule has 2 N–H and O–H groups in total. The highest BCUT2D eigenvalue weighted by Gasteiger charge is 2.46. The molecule has 2 aromatic heterocycles. The van der Waals surface area contributed by atoms with Gasteiger partial charge in [0.25, 0.3) is 11.7 Å². The molecule has 0 aliphatic carbocycles. The molecule has 0 saturated carbocycles. The predicted octanol–water partition coefficient (Wildman–Crippen LogP) is 3.42. The summed E-state index contributed by atoms with van der Waals surface area (Å²) in [6, 6.07) is 9.44. The number of likely N-dealkylation sites (N-methyl/N-ethyl adjacent to an activating group) is 1. The molecule has 34 heavy (non-hydrogen) atoms. The number of phenolic OH excluding ortho intramolecular Hbond substituents is 1. The average Bonchev–Trinajstić information content (AvgIpc) is 3.29. The third-order valence-corrected chi connectivity index (χ3v) is 6.59. The first-order chi connectivity index (χ1) is 16.3. The van der Waals surface area contributed by atoms with E-state index in [1.54, 1.807) is 12.1 Å². The Kier molecular flexibility index (Phi) is 6.43. The SMILES string of the molecule is CCN(CC)CCN1C(=O)C(=O)C(=C(O)c2nc3c(C)cccn3c2C)C1c1cccc(O)c1. The number of aryl methyl sites for hydroxylation is 2. The van der Waals surface area contributed by atoms with Crippen molar-refractivity contribution in [2.24, 2.45) is 0 Å². The molecule has 0 spiro atoms. The van der Waals surface area contributed by atoms with Crippen LogP contribution in [0.4, 0.5) is 0 Å². The van der Waals surface area contributed by atoms with E-state index in [4.69, 9.17) is 0 Å². The second-order valence-corrected chi connectivity index (χ2v) is 8.54. The fourth-order valence-corrected chi connectivity index (χ4v) is 4.62. The first-order valence-electron chi connectivity index (χ1n) is 11.5. The number of aromatic hydroxyl groups is 1. The Bertz CT molecular complexity index is 1290. The van der Waals surface area contributed by atoms with E-state index in [0.29, 0.717) is 30.0 Å². The van der Waals surface area contributed by atoms with Crippen LogP contribution in [0.2, 0.25) is 0 Å². The van der Waals surface area contributed by atoms with Gasteiger partial charge in [0.2, 0.25) is 0 Å². The van der Waals surface area contributed by atoms with Gasteiger partial charge in [-0.2, -0.15) is 0 Å². The average molecular weight is 463 g/mol. The van der Waals surface area contributed by atoms with Crippen molar-refractivity contribution in [2.75, 3.05) is 26.2 Å². The van der Waals surface area contributed by atoms with Crippen LogP contribution >= 0.6 is 0 Å². The lowest BCUT2D eigenvalue weighted by Crippen LogP contribution is -2.38. The van der Waals surface area contributed by atoms with Crippen LogP contribution in [0, 0.1) is 13.8 Å². The van der Waals surface area contributed by atoms with Gasteiger partial charge in [-0.3, -0.25) is 9.59 Å². The first kappa shape index (κ1) is 23.5. The van der Waals surface area contributed by atoms with Crippen molar-refractivity contribution in [1.29, 1.82) is 0 Å². The maximum atomic E-state index is 13.3. The monoisotopic (exact) mass is 462 g/mol. The number of carbonyl (C=O) groups is 2. The molecule has 3 aromatic rings. The number of aliphatic hydroxyl groups excluding tert-OH is 1. The fraction of sp³-hybridized carbons (Fsp3) is 0.346. The standard InChI is InChI=1S/C26H30N4O4/c1-5-28(6-2)13-14-30-22(18-10-7-11-19(31)15-18)20(24(33)26(30)34)23(32)21-17(4)29-12-8-9-16(3)25(29)27-21/h7-12,15,22,31-32H,5-6,13-14H2,1-4H3. The van der Waals surface area contributed by atoms with Crippen molar-refractivity contribution >= 4 is 23.1 Å². The van der Waals surface area contributed by atoms with Gasteiger partial charge in [0.1, 0.15) is 17.1 Å². The number of phenols is 1. The van der Waals surface area contributed by atoms with Crippen molar-refractivity contribution < 1.29 is 19.8 Å². The number of amides is 1. The van der Waals surface area contributed by atoms with E-state index in [0.717, 1.165) is 18.7 Å². The Labute approximate surface area is 198 Å². The molecule has 3 heterocycles. The molecular formula is C26H30N4O4. The van der Waals surface area contributed by atoms with Gasteiger partial charge in [-0.15, -0.1) is 0 Å². The van der Waals surface area contributed by atoms with Crippen molar-refractivity contribution in [2.45, 2.75) is 33.7 Å². The summed E-state index contributed by atoms with van der Waals surface area (Å²) in [6.07, 6.45) is 1.84. The summed E-state index contributed by atoms with van der Waals surface area (Å²) in [7, 11) is 0. The molecule has 1 atom stereocenters. The van der Waals surface area contributed by atoms with E-state index >= 15 is 0 Å². The molecule has 1 aromatic carbocycles. The van der Waals surface area contributed by atoms with Crippen molar-refractivity contribution in [1.82, 2.24) is 19.2 Å². The van der Waals surface area contributed by atoms with Crippen LogP contribution in [0.5, 0.6) is 5.75 Å². The summed E-state index contributed by atoms with van der Waals surface area (Å²) in [5.74, 6) is -1.71. The van der Waals surface area contributed by atoms with Crippen LogP contribution in [0.15, 0.2) is 48.2 Å². The lowest BCUT2D eigenvalue weighted by atomic mass is 9.96. The summed E-state index contributed by atoms with van der Waals surface area (Å²) >= 11 is 0. The topological polar surface area (TPSA) is 98.4 Å². The van der Waals surface area contributed by atoms with E-state index in [-0.39, 0.29) is 22.8 Å². The Morgan fingerprint density at radius 1 is 1.12 bits per heavy atom. The number of hydrogen-bond donors (Lipinski definition) is 2. The number of ketones is 1. The largest absolute Gasteiger partial charge is 0.508 e. The van der Waals surface area contributed by atoms with Gasteiger partial charge in [-0.1, -0.05) is 32.0 Å². The van der Waals surface area contributed by atoms with E-state index < -0.39 is 17.7 Å². The molecule has 1 saturated heterocycles.